The van der Waals surface area contributed by atoms with E-state index in [0.29, 0.717) is 6.07 Å². The molecule has 0 atom stereocenters. The smallest absolute Gasteiger partial charge is 0.335 e. The summed E-state index contributed by atoms with van der Waals surface area (Å²) in [5.41, 5.74) is -1.16. The third-order valence-corrected chi connectivity index (χ3v) is 1.36. The highest BCUT2D eigenvalue weighted by Crippen LogP contribution is 2.18. The van der Waals surface area contributed by atoms with Crippen molar-refractivity contribution in [2.24, 2.45) is 0 Å². The van der Waals surface area contributed by atoms with Crippen molar-refractivity contribution in [3.05, 3.63) is 34.0 Å². The van der Waals surface area contributed by atoms with Gasteiger partial charge in [0.2, 0.25) is 0 Å². The van der Waals surface area contributed by atoms with Crippen LogP contribution in [0.25, 0.3) is 0 Å². The van der Waals surface area contributed by atoms with Gasteiger partial charge in [0, 0.05) is 6.07 Å². The lowest BCUT2D eigenvalue weighted by Gasteiger charge is -2.01. The summed E-state index contributed by atoms with van der Waals surface area (Å²) in [5, 5.41) is 28.2. The molecule has 13 heavy (non-hydrogen) atoms. The fraction of sp³-hybridized carbons (Fsp3) is 0. The van der Waals surface area contributed by atoms with Gasteiger partial charge < -0.3 is 15.3 Å². The summed E-state index contributed by atoms with van der Waals surface area (Å²) in [6.07, 6.45) is 0. The molecule has 0 amide bonds. The molecule has 0 radical (unpaired) electrons. The summed E-state index contributed by atoms with van der Waals surface area (Å²) in [6.45, 7) is 0. The van der Waals surface area contributed by atoms with Gasteiger partial charge in [-0.2, -0.15) is 0 Å². The number of hydrogen-bond acceptors (Lipinski definition) is 4. The summed E-state index contributed by atoms with van der Waals surface area (Å²) in [4.78, 5) is 21.2. The lowest BCUT2D eigenvalue weighted by Crippen LogP contribution is -2.00. The molecular weight excluding hydrogens is 176 g/mol. The number of hydrogen-bond donors (Lipinski definition) is 2. The Balaban J connectivity index is 3.54. The van der Waals surface area contributed by atoms with Crippen molar-refractivity contribution in [1.82, 2.24) is 0 Å². The van der Waals surface area contributed by atoms with E-state index in [1.165, 1.54) is 0 Å². The summed E-state index contributed by atoms with van der Waals surface area (Å²) < 4.78 is 0. The van der Waals surface area contributed by atoms with E-state index < -0.39 is 28.5 Å². The number of carboxylic acid groups (broad SMARTS) is 1. The molecule has 2 N–H and O–H groups in total. The van der Waals surface area contributed by atoms with E-state index in [-0.39, 0.29) is 0 Å². The maximum Gasteiger partial charge on any atom is 0.335 e. The Labute approximate surface area is 72.5 Å². The third kappa shape index (κ3) is 1.96. The van der Waals surface area contributed by atoms with Crippen LogP contribution in [0, 0.1) is 0 Å². The quantitative estimate of drug-likeness (QED) is 0.610. The van der Waals surface area contributed by atoms with Crippen LogP contribution >= 0.6 is 0 Å². The Morgan fingerprint density at radius 3 is 2.46 bits per heavy atom. The Morgan fingerprint density at radius 2 is 1.92 bits per heavy atom. The molecule has 5 heteroatoms. The van der Waals surface area contributed by atoms with Crippen LogP contribution in [0.15, 0.2) is 23.0 Å². The van der Waals surface area contributed by atoms with E-state index in [4.69, 9.17) is 10.2 Å². The van der Waals surface area contributed by atoms with Crippen molar-refractivity contribution in [2.75, 3.05) is 0 Å². The van der Waals surface area contributed by atoms with Crippen LogP contribution in [0.2, 0.25) is 0 Å². The zero-order valence-electron chi connectivity index (χ0n) is 6.35. The molecule has 0 unspecified atom stereocenters. The molecule has 68 valence electrons. The van der Waals surface area contributed by atoms with Crippen LogP contribution < -0.4 is 10.5 Å². The van der Waals surface area contributed by atoms with E-state index >= 15 is 0 Å². The molecule has 0 saturated heterocycles. The van der Waals surface area contributed by atoms with Gasteiger partial charge in [-0.3, -0.25) is 4.79 Å². The number of carbonyl (C=O) groups is 1. The minimum absolute atomic E-state index is 0.412. The number of aromatic carboxylic acids is 1. The van der Waals surface area contributed by atoms with Crippen LogP contribution in [-0.2, 0) is 0 Å². The summed E-state index contributed by atoms with van der Waals surface area (Å²) in [7, 11) is 0. The predicted octanol–water partition coefficient (Wildman–Crippen LogP) is -0.476. The van der Waals surface area contributed by atoms with Crippen LogP contribution in [-0.4, -0.2) is 16.2 Å². The lowest BCUT2D eigenvalue weighted by atomic mass is 10.3. The Morgan fingerprint density at radius 1 is 1.31 bits per heavy atom. The molecule has 0 aromatic heterocycles. The first kappa shape index (κ1) is 9.05. The van der Waals surface area contributed by atoms with Gasteiger partial charge >= 0.3 is 5.97 Å². The topological polar surface area (TPSA) is 97.7 Å². The largest absolute Gasteiger partial charge is 0.870 e. The van der Waals surface area contributed by atoms with Gasteiger partial charge in [0.25, 0.3) is 0 Å². The summed E-state index contributed by atoms with van der Waals surface area (Å²) in [6, 6.07) is 2.14. The maximum atomic E-state index is 10.8. The highest BCUT2D eigenvalue weighted by Gasteiger charge is 2.03. The zero-order valence-corrected chi connectivity index (χ0v) is 6.35. The fourth-order valence-electron chi connectivity index (χ4n) is 0.782. The van der Waals surface area contributed by atoms with Gasteiger partial charge in [-0.05, 0) is 12.1 Å². The molecule has 0 bridgehead atoms. The van der Waals surface area contributed by atoms with Crippen LogP contribution in [0.5, 0.6) is 11.5 Å². The van der Waals surface area contributed by atoms with Crippen LogP contribution in [0.4, 0.5) is 0 Å². The molecule has 1 aromatic rings. The van der Waals surface area contributed by atoms with Crippen LogP contribution in [0.3, 0.4) is 0 Å². The fourth-order valence-corrected chi connectivity index (χ4v) is 0.782. The van der Waals surface area contributed by atoms with Gasteiger partial charge in [-0.15, -0.1) is 0 Å². The molecule has 0 aliphatic rings. The van der Waals surface area contributed by atoms with Crippen molar-refractivity contribution < 1.29 is 20.1 Å². The average molecular weight is 181 g/mol. The molecule has 1 aromatic carbocycles. The van der Waals surface area contributed by atoms with Gasteiger partial charge in [-0.25, -0.2) is 4.79 Å². The standard InChI is InChI=1S/C8H6O5/c9-5-1-4(8(12)13)2-6(10)7(11)3-5/h1-3,10-11H,(H,12,13)/p-1. The van der Waals surface area contributed by atoms with E-state index in [9.17, 15) is 14.7 Å². The summed E-state index contributed by atoms with van der Waals surface area (Å²) >= 11 is 0. The van der Waals surface area contributed by atoms with E-state index in [2.05, 4.69) is 0 Å². The second-order valence-electron chi connectivity index (χ2n) is 2.35. The van der Waals surface area contributed by atoms with Gasteiger partial charge in [0.15, 0.2) is 5.43 Å². The molecule has 0 aliphatic heterocycles. The summed E-state index contributed by atoms with van der Waals surface area (Å²) in [5.74, 6) is -3.01. The Hall–Kier alpha value is -2.04. The van der Waals surface area contributed by atoms with Crippen molar-refractivity contribution >= 4 is 5.97 Å². The minimum Gasteiger partial charge on any atom is -0.870 e. The van der Waals surface area contributed by atoms with Crippen molar-refractivity contribution in [3.8, 4) is 11.5 Å². The molecular formula is C8H5O5-. The van der Waals surface area contributed by atoms with Crippen molar-refractivity contribution in [3.63, 3.8) is 0 Å². The molecule has 0 heterocycles. The normalized spacial score (nSPS) is 9.54. The van der Waals surface area contributed by atoms with E-state index in [1.54, 1.807) is 0 Å². The second-order valence-corrected chi connectivity index (χ2v) is 2.35. The zero-order chi connectivity index (χ0) is 10.0. The first-order chi connectivity index (χ1) is 6.00. The lowest BCUT2D eigenvalue weighted by molar-refractivity contribution is -0.270. The predicted molar refractivity (Wildman–Crippen MR) is 40.8 cm³/mol. The number of aromatic hydroxyl groups is 1. The van der Waals surface area contributed by atoms with Crippen LogP contribution in [0.1, 0.15) is 10.4 Å². The van der Waals surface area contributed by atoms with Gasteiger partial charge in [0.05, 0.1) is 5.56 Å². The Kier molecular flexibility index (Phi) is 2.19. The third-order valence-electron chi connectivity index (χ3n) is 1.36. The number of carboxylic acids is 1. The molecule has 1 rings (SSSR count). The Bertz CT molecular complexity index is 410. The van der Waals surface area contributed by atoms with Gasteiger partial charge in [0.1, 0.15) is 5.75 Å². The van der Waals surface area contributed by atoms with Crippen molar-refractivity contribution in [2.45, 2.75) is 0 Å². The SMILES string of the molecule is O=C(O)c1cc(O)c([O-])cc(=O)c1. The molecule has 0 fully saturated rings. The number of rotatable bonds is 1. The highest BCUT2D eigenvalue weighted by molar-refractivity contribution is 5.87. The average Bonchev–Trinajstić information content (AvgIpc) is 2.12. The monoisotopic (exact) mass is 181 g/mol. The molecule has 5 nitrogen and oxygen atoms in total. The first-order valence-electron chi connectivity index (χ1n) is 3.29. The molecule has 0 aliphatic carbocycles. The minimum atomic E-state index is -1.37. The van der Waals surface area contributed by atoms with Gasteiger partial charge in [-0.1, -0.05) is 5.75 Å². The van der Waals surface area contributed by atoms with E-state index in [0.717, 1.165) is 12.1 Å². The van der Waals surface area contributed by atoms with E-state index in [1.807, 2.05) is 0 Å². The maximum absolute atomic E-state index is 10.8. The highest BCUT2D eigenvalue weighted by atomic mass is 16.4. The molecule has 0 saturated carbocycles. The second kappa shape index (κ2) is 3.14. The van der Waals surface area contributed by atoms with Crippen molar-refractivity contribution in [1.29, 1.82) is 0 Å². The first-order valence-corrected chi connectivity index (χ1v) is 3.29. The molecule has 0 spiro atoms.